The molecule has 122 valence electrons. The van der Waals surface area contributed by atoms with E-state index in [0.717, 1.165) is 16.8 Å². The largest absolute Gasteiger partial charge is 0.567 e. The Labute approximate surface area is 138 Å². The molecule has 2 aliphatic heterocycles. The van der Waals surface area contributed by atoms with Crippen LogP contribution >= 0.6 is 0 Å². The van der Waals surface area contributed by atoms with E-state index in [1.165, 1.54) is 12.5 Å². The molecule has 0 bridgehead atoms. The van der Waals surface area contributed by atoms with Gasteiger partial charge < -0.3 is 10.4 Å². The number of benzene rings is 1. The maximum atomic E-state index is 12.1. The molecule has 7 heteroatoms. The highest BCUT2D eigenvalue weighted by Crippen LogP contribution is 2.37. The van der Waals surface area contributed by atoms with Gasteiger partial charge in [-0.25, -0.2) is 4.98 Å². The van der Waals surface area contributed by atoms with E-state index in [2.05, 4.69) is 22.2 Å². The monoisotopic (exact) mass is 325 g/mol. The molecule has 3 heterocycles. The minimum Gasteiger partial charge on any atom is -0.432 e. The van der Waals surface area contributed by atoms with Gasteiger partial charge in [0.2, 0.25) is 0 Å². The van der Waals surface area contributed by atoms with Crippen molar-refractivity contribution in [1.82, 2.24) is 19.9 Å². The van der Waals surface area contributed by atoms with Crippen molar-refractivity contribution in [1.29, 1.82) is 0 Å². The summed E-state index contributed by atoms with van der Waals surface area (Å²) in [5, 5.41) is 13.2. The molecule has 2 aromatic rings. The second-order valence-corrected chi connectivity index (χ2v) is 6.00. The zero-order chi connectivity index (χ0) is 16.7. The van der Waals surface area contributed by atoms with Crippen molar-refractivity contribution < 1.29 is 14.7 Å². The van der Waals surface area contributed by atoms with E-state index in [-0.39, 0.29) is 6.04 Å². The fraction of sp³-hybridized carbons (Fsp3) is 0.235. The van der Waals surface area contributed by atoms with E-state index >= 15 is 0 Å². The van der Waals surface area contributed by atoms with Crippen molar-refractivity contribution in [2.24, 2.45) is 0 Å². The summed E-state index contributed by atoms with van der Waals surface area (Å²) < 4.78 is -0.749. The number of hydroxylamine groups is 2. The first kappa shape index (κ1) is 14.8. The molecule has 0 saturated heterocycles. The average Bonchev–Trinajstić information content (AvgIpc) is 2.96. The summed E-state index contributed by atoms with van der Waals surface area (Å²) in [5.74, 6) is 0.317. The van der Waals surface area contributed by atoms with Crippen molar-refractivity contribution in [3.8, 4) is 5.88 Å². The smallest absolute Gasteiger partial charge is 0.432 e. The van der Waals surface area contributed by atoms with Crippen LogP contribution in [0, 0.1) is 0 Å². The standard InChI is InChI=1S/C17H16N4O3/c1-11-8-13-14(9-18-11)19-10-20-16(13)24-21(17(22)23)7-6-12-4-2-3-5-15(12)21/h2-7,10-11,18H,8-9H2,1H3/p+1/t11-,21?/m0/s1. The Kier molecular flexibility index (Phi) is 3.33. The van der Waals surface area contributed by atoms with Crippen LogP contribution in [0.4, 0.5) is 10.5 Å². The molecule has 2 atom stereocenters. The molecule has 7 nitrogen and oxygen atoms in total. The molecule has 2 N–H and O–H groups in total. The van der Waals surface area contributed by atoms with E-state index in [0.29, 0.717) is 24.5 Å². The summed E-state index contributed by atoms with van der Waals surface area (Å²) in [7, 11) is 0. The summed E-state index contributed by atoms with van der Waals surface area (Å²) in [5.41, 5.74) is 3.08. The highest BCUT2D eigenvalue weighted by atomic mass is 16.8. The summed E-state index contributed by atoms with van der Waals surface area (Å²) in [6.07, 6.45) is 4.25. The maximum absolute atomic E-state index is 12.1. The third-order valence-corrected chi connectivity index (χ3v) is 4.40. The Morgan fingerprint density at radius 1 is 1.38 bits per heavy atom. The predicted molar refractivity (Wildman–Crippen MR) is 88.0 cm³/mol. The van der Waals surface area contributed by atoms with Crippen molar-refractivity contribution in [2.75, 3.05) is 0 Å². The Morgan fingerprint density at radius 3 is 3.04 bits per heavy atom. The number of aromatic nitrogens is 2. The Hall–Kier alpha value is -2.77. The number of fused-ring (bicyclic) bond motifs is 2. The second-order valence-electron chi connectivity index (χ2n) is 6.00. The molecule has 1 aromatic carbocycles. The molecule has 2 aliphatic rings. The van der Waals surface area contributed by atoms with E-state index in [9.17, 15) is 9.90 Å². The third-order valence-electron chi connectivity index (χ3n) is 4.40. The van der Waals surface area contributed by atoms with E-state index in [1.807, 2.05) is 12.1 Å². The van der Waals surface area contributed by atoms with E-state index < -0.39 is 10.7 Å². The first-order chi connectivity index (χ1) is 11.6. The lowest BCUT2D eigenvalue weighted by Gasteiger charge is -2.27. The van der Waals surface area contributed by atoms with Gasteiger partial charge in [0, 0.05) is 40.5 Å². The molecule has 0 aliphatic carbocycles. The minimum absolute atomic E-state index is 0.255. The van der Waals surface area contributed by atoms with Crippen LogP contribution in [0.2, 0.25) is 0 Å². The summed E-state index contributed by atoms with van der Waals surface area (Å²) in [6, 6.07) is 7.53. The van der Waals surface area contributed by atoms with Gasteiger partial charge in [-0.1, -0.05) is 12.1 Å². The Balaban J connectivity index is 1.80. The molecule has 0 spiro atoms. The molecule has 0 saturated carbocycles. The van der Waals surface area contributed by atoms with Crippen LogP contribution in [-0.4, -0.2) is 27.2 Å². The molecular formula is C17H17N4O3+. The molecule has 4 rings (SSSR count). The van der Waals surface area contributed by atoms with Crippen LogP contribution in [0.15, 0.2) is 36.8 Å². The number of nitrogens with zero attached hydrogens (tertiary/aromatic N) is 3. The first-order valence-electron chi connectivity index (χ1n) is 7.77. The molecule has 0 radical (unpaired) electrons. The molecule has 1 unspecified atom stereocenters. The van der Waals surface area contributed by atoms with Crippen molar-refractivity contribution in [3.63, 3.8) is 0 Å². The lowest BCUT2D eigenvalue weighted by Crippen LogP contribution is -2.51. The van der Waals surface area contributed by atoms with Crippen LogP contribution < -0.4 is 14.8 Å². The zero-order valence-corrected chi connectivity index (χ0v) is 13.1. The van der Waals surface area contributed by atoms with Gasteiger partial charge in [0.05, 0.1) is 5.69 Å². The fourth-order valence-electron chi connectivity index (χ4n) is 3.13. The number of carboxylic acid groups (broad SMARTS) is 1. The molecular weight excluding hydrogens is 308 g/mol. The number of quaternary nitrogens is 1. The molecule has 1 amide bonds. The number of rotatable bonds is 2. The number of amides is 1. The van der Waals surface area contributed by atoms with Crippen molar-refractivity contribution in [3.05, 3.63) is 53.6 Å². The number of nitrogens with one attached hydrogen (secondary N) is 1. The average molecular weight is 325 g/mol. The van der Waals surface area contributed by atoms with Gasteiger partial charge in [-0.15, -0.1) is 0 Å². The van der Waals surface area contributed by atoms with Crippen LogP contribution in [0.25, 0.3) is 6.08 Å². The lowest BCUT2D eigenvalue weighted by molar-refractivity contribution is 0.00906. The van der Waals surface area contributed by atoms with Crippen molar-refractivity contribution in [2.45, 2.75) is 25.9 Å². The van der Waals surface area contributed by atoms with E-state index in [4.69, 9.17) is 4.84 Å². The Morgan fingerprint density at radius 2 is 2.21 bits per heavy atom. The maximum Gasteiger partial charge on any atom is 0.567 e. The summed E-state index contributed by atoms with van der Waals surface area (Å²) in [4.78, 5) is 26.5. The predicted octanol–water partition coefficient (Wildman–Crippen LogP) is 2.47. The number of carbonyl (C=O) groups is 1. The normalized spacial score (nSPS) is 24.3. The highest BCUT2D eigenvalue weighted by molar-refractivity contribution is 5.89. The van der Waals surface area contributed by atoms with Gasteiger partial charge in [-0.3, -0.25) is 4.84 Å². The second kappa shape index (κ2) is 5.40. The van der Waals surface area contributed by atoms with Gasteiger partial charge in [-0.05, 0) is 19.4 Å². The van der Waals surface area contributed by atoms with Crippen LogP contribution in [0.3, 0.4) is 0 Å². The van der Waals surface area contributed by atoms with Gasteiger partial charge in [0.25, 0.3) is 5.88 Å². The van der Waals surface area contributed by atoms with Crippen molar-refractivity contribution >= 4 is 17.9 Å². The Bertz CT molecular complexity index is 851. The molecule has 24 heavy (non-hydrogen) atoms. The minimum atomic E-state index is -1.12. The third kappa shape index (κ3) is 2.17. The summed E-state index contributed by atoms with van der Waals surface area (Å²) in [6.45, 7) is 2.68. The SMILES string of the molecule is C[C@H]1Cc2c(ncnc2O[N+]2(C(=O)O)C=Cc3ccccc32)CN1. The number of hydrogen-bond acceptors (Lipinski definition) is 5. The van der Waals surface area contributed by atoms with Gasteiger partial charge >= 0.3 is 6.09 Å². The number of para-hydroxylation sites is 1. The van der Waals surface area contributed by atoms with Crippen LogP contribution in [0.1, 0.15) is 23.7 Å². The van der Waals surface area contributed by atoms with Gasteiger partial charge in [-0.2, -0.15) is 9.78 Å². The fourth-order valence-corrected chi connectivity index (χ4v) is 3.13. The highest BCUT2D eigenvalue weighted by Gasteiger charge is 2.48. The topological polar surface area (TPSA) is 84.3 Å². The van der Waals surface area contributed by atoms with Crippen LogP contribution in [-0.2, 0) is 13.0 Å². The summed E-state index contributed by atoms with van der Waals surface area (Å²) >= 11 is 0. The quantitative estimate of drug-likeness (QED) is 0.825. The molecule has 1 aromatic heterocycles. The van der Waals surface area contributed by atoms with E-state index in [1.54, 1.807) is 18.2 Å². The van der Waals surface area contributed by atoms with Crippen LogP contribution in [0.5, 0.6) is 5.88 Å². The number of hydrogen-bond donors (Lipinski definition) is 2. The first-order valence-corrected chi connectivity index (χ1v) is 7.77. The lowest BCUT2D eigenvalue weighted by atomic mass is 10.0. The molecule has 0 fully saturated rings. The van der Waals surface area contributed by atoms with Gasteiger partial charge in [0.15, 0.2) is 11.9 Å². The zero-order valence-electron chi connectivity index (χ0n) is 13.1. The van der Waals surface area contributed by atoms with Gasteiger partial charge in [0.1, 0.15) is 6.33 Å².